The highest BCUT2D eigenvalue weighted by Crippen LogP contribution is 2.13. The smallest absolute Gasteiger partial charge is 0.306 e. The zero-order chi connectivity index (χ0) is 54.3. The molecule has 1 atom stereocenters. The quantitative estimate of drug-likeness (QED) is 0.0261. The summed E-state index contributed by atoms with van der Waals surface area (Å²) in [5, 5.41) is 0. The van der Waals surface area contributed by atoms with E-state index in [1.165, 1.54) is 0 Å². The summed E-state index contributed by atoms with van der Waals surface area (Å²) in [6.07, 6.45) is 89.5. The molecule has 0 saturated carbocycles. The minimum Gasteiger partial charge on any atom is -0.462 e. The first-order valence-electron chi connectivity index (χ1n) is 30.0. The third-order valence-corrected chi connectivity index (χ3v) is 12.0. The zero-order valence-corrected chi connectivity index (χ0v) is 48.0. The third kappa shape index (κ3) is 59.8. The van der Waals surface area contributed by atoms with E-state index in [0.29, 0.717) is 19.3 Å². The van der Waals surface area contributed by atoms with Crippen LogP contribution in [-0.4, -0.2) is 37.2 Å². The zero-order valence-electron chi connectivity index (χ0n) is 48.0. The van der Waals surface area contributed by atoms with Crippen LogP contribution in [0.4, 0.5) is 0 Å². The van der Waals surface area contributed by atoms with E-state index in [1.54, 1.807) is 0 Å². The van der Waals surface area contributed by atoms with Crippen molar-refractivity contribution >= 4 is 17.9 Å². The summed E-state index contributed by atoms with van der Waals surface area (Å²) in [5.41, 5.74) is 0. The Morgan fingerprint density at radius 1 is 0.267 bits per heavy atom. The minimum absolute atomic E-state index is 0.107. The fourth-order valence-electron chi connectivity index (χ4n) is 7.63. The van der Waals surface area contributed by atoms with Crippen molar-refractivity contribution in [3.8, 4) is 0 Å². The molecule has 0 bridgehead atoms. The topological polar surface area (TPSA) is 78.9 Å². The normalized spacial score (nSPS) is 13.3. The molecule has 75 heavy (non-hydrogen) atoms. The van der Waals surface area contributed by atoms with Gasteiger partial charge in [0.2, 0.25) is 0 Å². The van der Waals surface area contributed by atoms with Gasteiger partial charge in [0.15, 0.2) is 6.10 Å². The first-order valence-corrected chi connectivity index (χ1v) is 30.0. The van der Waals surface area contributed by atoms with Crippen LogP contribution < -0.4 is 0 Å². The van der Waals surface area contributed by atoms with Gasteiger partial charge in [-0.2, -0.15) is 0 Å². The molecule has 0 aromatic carbocycles. The highest BCUT2D eigenvalue weighted by Gasteiger charge is 2.19. The number of unbranched alkanes of at least 4 members (excludes halogenated alkanes) is 15. The highest BCUT2D eigenvalue weighted by atomic mass is 16.6. The molecule has 0 N–H and O–H groups in total. The maximum absolute atomic E-state index is 12.9. The van der Waals surface area contributed by atoms with Crippen LogP contribution in [0.1, 0.15) is 239 Å². The predicted octanol–water partition coefficient (Wildman–Crippen LogP) is 20.5. The summed E-state index contributed by atoms with van der Waals surface area (Å²) >= 11 is 0. The molecule has 0 aliphatic rings. The number of carbonyl (C=O) groups is 3. The molecule has 0 spiro atoms. The van der Waals surface area contributed by atoms with Crippen molar-refractivity contribution < 1.29 is 28.6 Å². The van der Waals surface area contributed by atoms with E-state index in [4.69, 9.17) is 14.2 Å². The third-order valence-electron chi connectivity index (χ3n) is 12.0. The summed E-state index contributed by atoms with van der Waals surface area (Å²) in [6.45, 7) is 6.24. The fraction of sp³-hybridized carbons (Fsp3) is 0.580. The Kier molecular flexibility index (Phi) is 57.5. The second-order valence-corrected chi connectivity index (χ2v) is 19.1. The SMILES string of the molecule is CC/C=C\C/C=C\C/C=C\C/C=C\C/C=C\C/C=C\C/C=C\CCCCCCCC(=O)OCC(COC(=O)CCCCCCC/C=C\C/C=C\C/C=C\CC)OC(=O)CCCCCCC/C=C\C/C=C\C/C=C\CC. The van der Waals surface area contributed by atoms with Crippen molar-refractivity contribution in [3.05, 3.63) is 158 Å². The number of esters is 3. The molecule has 0 amide bonds. The second-order valence-electron chi connectivity index (χ2n) is 19.1. The molecule has 6 heteroatoms. The van der Waals surface area contributed by atoms with E-state index >= 15 is 0 Å². The van der Waals surface area contributed by atoms with Gasteiger partial charge in [-0.1, -0.05) is 237 Å². The van der Waals surface area contributed by atoms with Crippen molar-refractivity contribution in [2.75, 3.05) is 13.2 Å². The van der Waals surface area contributed by atoms with E-state index in [1.807, 2.05) is 0 Å². The van der Waals surface area contributed by atoms with Gasteiger partial charge in [0.25, 0.3) is 0 Å². The molecule has 0 fully saturated rings. The van der Waals surface area contributed by atoms with Gasteiger partial charge in [0.05, 0.1) is 0 Å². The van der Waals surface area contributed by atoms with E-state index < -0.39 is 6.10 Å². The molecule has 1 unspecified atom stereocenters. The fourth-order valence-corrected chi connectivity index (χ4v) is 7.63. The molecule has 0 saturated heterocycles. The maximum atomic E-state index is 12.9. The molecule has 0 aromatic rings. The van der Waals surface area contributed by atoms with Gasteiger partial charge in [0.1, 0.15) is 13.2 Å². The predicted molar refractivity (Wildman–Crippen MR) is 325 cm³/mol. The Labute approximate surface area is 460 Å². The highest BCUT2D eigenvalue weighted by molar-refractivity contribution is 5.71. The van der Waals surface area contributed by atoms with Crippen LogP contribution in [0, 0.1) is 0 Å². The number of allylic oxidation sites excluding steroid dienone is 26. The molecule has 0 aliphatic heterocycles. The van der Waals surface area contributed by atoms with Crippen LogP contribution in [0.3, 0.4) is 0 Å². The molecule has 0 aromatic heterocycles. The van der Waals surface area contributed by atoms with Crippen molar-refractivity contribution in [1.29, 1.82) is 0 Å². The average Bonchev–Trinajstić information content (AvgIpc) is 3.41. The van der Waals surface area contributed by atoms with E-state index in [0.717, 1.165) is 199 Å². The molecule has 6 nitrogen and oxygen atoms in total. The molecular weight excluding hydrogens is 925 g/mol. The first-order chi connectivity index (χ1) is 37.0. The van der Waals surface area contributed by atoms with Gasteiger partial charge in [-0.05, 0) is 141 Å². The summed E-state index contributed by atoms with van der Waals surface area (Å²) in [6, 6.07) is 0. The molecule has 0 rings (SSSR count). The Bertz CT molecular complexity index is 1710. The van der Waals surface area contributed by atoms with Gasteiger partial charge in [-0.3, -0.25) is 14.4 Å². The minimum atomic E-state index is -0.811. The summed E-state index contributed by atoms with van der Waals surface area (Å²) in [5.74, 6) is -0.966. The number of ether oxygens (including phenoxy) is 3. The Morgan fingerprint density at radius 2 is 0.480 bits per heavy atom. The van der Waals surface area contributed by atoms with Crippen LogP contribution in [0.15, 0.2) is 158 Å². The number of hydrogen-bond donors (Lipinski definition) is 0. The van der Waals surface area contributed by atoms with Gasteiger partial charge in [-0.25, -0.2) is 0 Å². The largest absolute Gasteiger partial charge is 0.462 e. The lowest BCUT2D eigenvalue weighted by atomic mass is 10.1. The van der Waals surface area contributed by atoms with Crippen molar-refractivity contribution in [3.63, 3.8) is 0 Å². The number of carbonyl (C=O) groups excluding carboxylic acids is 3. The molecule has 0 aliphatic carbocycles. The summed E-state index contributed by atoms with van der Waals surface area (Å²) < 4.78 is 16.8. The first kappa shape index (κ1) is 70.0. The number of rotatable bonds is 52. The lowest BCUT2D eigenvalue weighted by Gasteiger charge is -2.18. The Balaban J connectivity index is 4.44. The monoisotopic (exact) mass is 1030 g/mol. The lowest BCUT2D eigenvalue weighted by molar-refractivity contribution is -0.167. The van der Waals surface area contributed by atoms with Crippen LogP contribution in [0.25, 0.3) is 0 Å². The standard InChI is InChI=1S/C69H108O6/c1-4-7-10-13-16-19-22-25-28-29-30-31-32-33-34-35-36-37-38-39-42-44-47-50-53-56-59-62-68(71)74-65-66(75-69(72)63-60-57-54-51-48-45-41-27-24-21-18-15-12-9-6-3)64-73-67(70)61-58-55-52-49-46-43-40-26-23-20-17-14-11-8-5-2/h7-12,16-21,25-28,30-31,33-34,36-37,39-42,66H,4-6,13-15,22-24,29,32,35,38,43-65H2,1-3H3/b10-7-,11-8-,12-9-,19-16-,20-17-,21-18-,28-25-,31-30-,34-33-,37-36-,40-26-,41-27-,42-39-. The van der Waals surface area contributed by atoms with E-state index in [9.17, 15) is 14.4 Å². The van der Waals surface area contributed by atoms with Crippen molar-refractivity contribution in [2.45, 2.75) is 245 Å². The van der Waals surface area contributed by atoms with Crippen LogP contribution in [-0.2, 0) is 28.6 Å². The number of hydrogen-bond acceptors (Lipinski definition) is 6. The maximum Gasteiger partial charge on any atom is 0.306 e. The van der Waals surface area contributed by atoms with E-state index in [2.05, 4.69) is 179 Å². The summed E-state index contributed by atoms with van der Waals surface area (Å²) in [4.78, 5) is 38.2. The Morgan fingerprint density at radius 3 is 0.747 bits per heavy atom. The second kappa shape index (κ2) is 61.6. The van der Waals surface area contributed by atoms with Gasteiger partial charge in [0, 0.05) is 19.3 Å². The molecule has 0 radical (unpaired) electrons. The van der Waals surface area contributed by atoms with Crippen LogP contribution in [0.5, 0.6) is 0 Å². The lowest BCUT2D eigenvalue weighted by Crippen LogP contribution is -2.30. The van der Waals surface area contributed by atoms with Gasteiger partial charge in [-0.15, -0.1) is 0 Å². The van der Waals surface area contributed by atoms with Gasteiger partial charge >= 0.3 is 17.9 Å². The van der Waals surface area contributed by atoms with Crippen molar-refractivity contribution in [1.82, 2.24) is 0 Å². The Hall–Kier alpha value is -4.97. The molecular formula is C69H108O6. The summed E-state index contributed by atoms with van der Waals surface area (Å²) in [7, 11) is 0. The molecule has 0 heterocycles. The van der Waals surface area contributed by atoms with Crippen LogP contribution in [0.2, 0.25) is 0 Å². The average molecular weight is 1030 g/mol. The van der Waals surface area contributed by atoms with Crippen molar-refractivity contribution in [2.24, 2.45) is 0 Å². The molecule has 420 valence electrons. The van der Waals surface area contributed by atoms with Gasteiger partial charge < -0.3 is 14.2 Å². The van der Waals surface area contributed by atoms with Crippen LogP contribution >= 0.6 is 0 Å². The van der Waals surface area contributed by atoms with E-state index in [-0.39, 0.29) is 31.1 Å².